The zero-order chi connectivity index (χ0) is 18.0. The summed E-state index contributed by atoms with van der Waals surface area (Å²) in [4.78, 5) is 25.9. The van der Waals surface area contributed by atoms with Gasteiger partial charge in [0.1, 0.15) is 5.78 Å². The summed E-state index contributed by atoms with van der Waals surface area (Å²) >= 11 is 0. The van der Waals surface area contributed by atoms with E-state index in [4.69, 9.17) is 10.5 Å². The van der Waals surface area contributed by atoms with Crippen molar-refractivity contribution in [2.45, 2.75) is 53.3 Å². The predicted octanol–water partition coefficient (Wildman–Crippen LogP) is 3.33. The Balaban J connectivity index is 2.26. The molecule has 0 aromatic heterocycles. The Morgan fingerprint density at radius 2 is 1.92 bits per heavy atom. The molecule has 2 rings (SSSR count). The molecule has 0 spiro atoms. The quantitative estimate of drug-likeness (QED) is 0.918. The molecule has 0 aliphatic carbocycles. The number of rotatable bonds is 4. The number of nitrogens with two attached hydrogens (primary N) is 1. The fourth-order valence-electron chi connectivity index (χ4n) is 3.79. The third kappa shape index (κ3) is 3.78. The molecule has 1 aromatic rings. The second kappa shape index (κ2) is 6.93. The van der Waals surface area contributed by atoms with E-state index in [0.717, 1.165) is 12.0 Å². The number of carbonyl (C=O) groups excluding carboxylic acids is 2. The zero-order valence-corrected chi connectivity index (χ0v) is 15.0. The molecule has 0 bridgehead atoms. The van der Waals surface area contributed by atoms with Crippen LogP contribution in [0.1, 0.15) is 46.1 Å². The highest BCUT2D eigenvalue weighted by Gasteiger charge is 2.51. The zero-order valence-electron chi connectivity index (χ0n) is 15.0. The summed E-state index contributed by atoms with van der Waals surface area (Å²) in [6, 6.07) is 10.0. The average molecular weight is 332 g/mol. The first-order chi connectivity index (χ1) is 11.2. The maximum Gasteiger partial charge on any atom is 0.406 e. The lowest BCUT2D eigenvalue weighted by Crippen LogP contribution is -2.55. The van der Waals surface area contributed by atoms with Crippen LogP contribution in [0, 0.1) is 10.8 Å². The van der Waals surface area contributed by atoms with Crippen LogP contribution >= 0.6 is 0 Å². The van der Waals surface area contributed by atoms with Crippen LogP contribution in [0.4, 0.5) is 4.79 Å². The third-order valence-corrected chi connectivity index (χ3v) is 5.35. The SMILES string of the molecule is CC(=O)C1(C(C)(C)C)CCN(Cc2ccccc2)C(OC(N)=O)C1. The lowest BCUT2D eigenvalue weighted by molar-refractivity contribution is -0.152. The van der Waals surface area contributed by atoms with Gasteiger partial charge in [-0.2, -0.15) is 0 Å². The van der Waals surface area contributed by atoms with Crippen LogP contribution in [0.3, 0.4) is 0 Å². The number of ketones is 1. The van der Waals surface area contributed by atoms with Crippen molar-refractivity contribution >= 4 is 11.9 Å². The number of likely N-dealkylation sites (tertiary alicyclic amines) is 1. The Morgan fingerprint density at radius 3 is 2.42 bits per heavy atom. The Morgan fingerprint density at radius 1 is 1.29 bits per heavy atom. The minimum absolute atomic E-state index is 0.146. The van der Waals surface area contributed by atoms with Gasteiger partial charge in [0.25, 0.3) is 0 Å². The maximum atomic E-state index is 12.5. The van der Waals surface area contributed by atoms with Crippen LogP contribution in [0.25, 0.3) is 0 Å². The van der Waals surface area contributed by atoms with Crippen LogP contribution in [-0.4, -0.2) is 29.5 Å². The molecule has 5 nitrogen and oxygen atoms in total. The van der Waals surface area contributed by atoms with Gasteiger partial charge < -0.3 is 10.5 Å². The number of hydrogen-bond acceptors (Lipinski definition) is 4. The topological polar surface area (TPSA) is 72.6 Å². The number of carbonyl (C=O) groups is 2. The van der Waals surface area contributed by atoms with Gasteiger partial charge in [-0.3, -0.25) is 9.69 Å². The monoisotopic (exact) mass is 332 g/mol. The highest BCUT2D eigenvalue weighted by Crippen LogP contribution is 2.49. The van der Waals surface area contributed by atoms with Crippen molar-refractivity contribution in [2.24, 2.45) is 16.6 Å². The van der Waals surface area contributed by atoms with Crippen LogP contribution in [0.15, 0.2) is 30.3 Å². The number of amides is 1. The number of ether oxygens (including phenoxy) is 1. The summed E-state index contributed by atoms with van der Waals surface area (Å²) in [5.41, 5.74) is 5.70. The molecule has 1 heterocycles. The van der Waals surface area contributed by atoms with E-state index in [1.54, 1.807) is 6.92 Å². The Hall–Kier alpha value is -1.88. The minimum atomic E-state index is -0.800. The van der Waals surface area contributed by atoms with E-state index in [1.165, 1.54) is 0 Å². The Labute approximate surface area is 144 Å². The number of primary amides is 1. The molecule has 2 unspecified atom stereocenters. The van der Waals surface area contributed by atoms with E-state index in [1.807, 2.05) is 30.3 Å². The molecule has 1 aromatic carbocycles. The first-order valence-corrected chi connectivity index (χ1v) is 8.41. The van der Waals surface area contributed by atoms with Gasteiger partial charge in [-0.15, -0.1) is 0 Å². The molecule has 2 atom stereocenters. The van der Waals surface area contributed by atoms with Gasteiger partial charge in [-0.1, -0.05) is 51.1 Å². The van der Waals surface area contributed by atoms with Crippen LogP contribution in [0.2, 0.25) is 0 Å². The van der Waals surface area contributed by atoms with Gasteiger partial charge in [0.2, 0.25) is 0 Å². The lowest BCUT2D eigenvalue weighted by Gasteiger charge is -2.51. The summed E-state index contributed by atoms with van der Waals surface area (Å²) in [7, 11) is 0. The highest BCUT2D eigenvalue weighted by molar-refractivity contribution is 5.83. The van der Waals surface area contributed by atoms with E-state index >= 15 is 0 Å². The van der Waals surface area contributed by atoms with Crippen LogP contribution in [0.5, 0.6) is 0 Å². The van der Waals surface area contributed by atoms with Gasteiger partial charge in [0, 0.05) is 24.9 Å². The van der Waals surface area contributed by atoms with Crippen molar-refractivity contribution in [3.8, 4) is 0 Å². The number of benzene rings is 1. The minimum Gasteiger partial charge on any atom is -0.430 e. The molecule has 1 saturated heterocycles. The molecule has 2 N–H and O–H groups in total. The summed E-state index contributed by atoms with van der Waals surface area (Å²) in [6.07, 6.45) is -0.0651. The van der Waals surface area contributed by atoms with E-state index in [9.17, 15) is 9.59 Å². The van der Waals surface area contributed by atoms with Gasteiger partial charge >= 0.3 is 6.09 Å². The predicted molar refractivity (Wildman–Crippen MR) is 93.1 cm³/mol. The average Bonchev–Trinajstić information content (AvgIpc) is 2.48. The molecule has 24 heavy (non-hydrogen) atoms. The largest absolute Gasteiger partial charge is 0.430 e. The first kappa shape index (κ1) is 18.5. The molecular formula is C19H28N2O3. The molecule has 1 fully saturated rings. The third-order valence-electron chi connectivity index (χ3n) is 5.35. The normalized spacial score (nSPS) is 25.2. The Bertz CT molecular complexity index is 594. The number of nitrogens with zero attached hydrogens (tertiary/aromatic N) is 1. The summed E-state index contributed by atoms with van der Waals surface area (Å²) in [6.45, 7) is 9.20. The molecule has 1 amide bonds. The van der Waals surface area contributed by atoms with Gasteiger partial charge in [0.15, 0.2) is 6.23 Å². The van der Waals surface area contributed by atoms with Crippen molar-refractivity contribution in [3.63, 3.8) is 0 Å². The van der Waals surface area contributed by atoms with Crippen molar-refractivity contribution in [3.05, 3.63) is 35.9 Å². The van der Waals surface area contributed by atoms with Crippen molar-refractivity contribution in [2.75, 3.05) is 6.54 Å². The Kier molecular flexibility index (Phi) is 5.33. The van der Waals surface area contributed by atoms with Crippen molar-refractivity contribution < 1.29 is 14.3 Å². The smallest absolute Gasteiger partial charge is 0.406 e. The number of piperidine rings is 1. The summed E-state index contributed by atoms with van der Waals surface area (Å²) < 4.78 is 5.39. The molecule has 132 valence electrons. The fourth-order valence-corrected chi connectivity index (χ4v) is 3.79. The molecule has 5 heteroatoms. The van der Waals surface area contributed by atoms with E-state index < -0.39 is 17.7 Å². The van der Waals surface area contributed by atoms with Crippen LogP contribution in [-0.2, 0) is 16.1 Å². The molecule has 0 saturated carbocycles. The summed E-state index contributed by atoms with van der Waals surface area (Å²) in [5, 5.41) is 0. The molecule has 1 aliphatic rings. The first-order valence-electron chi connectivity index (χ1n) is 8.41. The number of Topliss-reactive ketones (excluding diaryl/α,β-unsaturated/α-hetero) is 1. The second-order valence-electron chi connectivity index (χ2n) is 7.69. The van der Waals surface area contributed by atoms with Crippen LogP contribution < -0.4 is 5.73 Å². The standard InChI is InChI=1S/C19H28N2O3/c1-14(22)19(18(2,3)4)10-11-21(16(12-19)24-17(20)23)13-15-8-6-5-7-9-15/h5-9,16H,10-13H2,1-4H3,(H2,20,23). The second-order valence-corrected chi connectivity index (χ2v) is 7.69. The number of hydrogen-bond donors (Lipinski definition) is 1. The highest BCUT2D eigenvalue weighted by atomic mass is 16.6. The lowest BCUT2D eigenvalue weighted by atomic mass is 9.59. The molecule has 0 radical (unpaired) electrons. The maximum absolute atomic E-state index is 12.5. The summed E-state index contributed by atoms with van der Waals surface area (Å²) in [5.74, 6) is 0.146. The molecule has 1 aliphatic heterocycles. The fraction of sp³-hybridized carbons (Fsp3) is 0.579. The van der Waals surface area contributed by atoms with Crippen molar-refractivity contribution in [1.29, 1.82) is 0 Å². The van der Waals surface area contributed by atoms with E-state index in [0.29, 0.717) is 19.5 Å². The van der Waals surface area contributed by atoms with Crippen molar-refractivity contribution in [1.82, 2.24) is 4.90 Å². The van der Waals surface area contributed by atoms with E-state index in [2.05, 4.69) is 25.7 Å². The van der Waals surface area contributed by atoms with E-state index in [-0.39, 0.29) is 11.2 Å². The van der Waals surface area contributed by atoms with Gasteiger partial charge in [0.05, 0.1) is 0 Å². The van der Waals surface area contributed by atoms with Gasteiger partial charge in [-0.25, -0.2) is 4.79 Å². The van der Waals surface area contributed by atoms with Gasteiger partial charge in [-0.05, 0) is 24.3 Å². The molecular weight excluding hydrogens is 304 g/mol.